The standard InChI is InChI=1S/C20H17Cl2N3O3S/c1-12-5-3-6-14(9-12)11-29(27,28)20-23-10-16(22)18(25-20)19(26)24-17-8-4-7-15(21)13(17)2/h3-10H,11H2,1-2H3,(H,24,26). The minimum atomic E-state index is -3.87. The summed E-state index contributed by atoms with van der Waals surface area (Å²) >= 11 is 12.1. The molecule has 0 fully saturated rings. The molecule has 0 saturated heterocycles. The van der Waals surface area contributed by atoms with Crippen LogP contribution >= 0.6 is 23.2 Å². The number of carbonyl (C=O) groups excluding carboxylic acids is 1. The topological polar surface area (TPSA) is 89.0 Å². The molecule has 0 saturated carbocycles. The first-order chi connectivity index (χ1) is 13.7. The van der Waals surface area contributed by atoms with Crippen molar-refractivity contribution in [2.45, 2.75) is 24.8 Å². The number of nitrogens with zero attached hydrogens (tertiary/aromatic N) is 2. The number of sulfone groups is 1. The number of hydrogen-bond donors (Lipinski definition) is 1. The third kappa shape index (κ3) is 4.93. The summed E-state index contributed by atoms with van der Waals surface area (Å²) in [5.74, 6) is -0.945. The van der Waals surface area contributed by atoms with Crippen LogP contribution in [0.1, 0.15) is 27.2 Å². The van der Waals surface area contributed by atoms with Crippen LogP contribution in [0.15, 0.2) is 53.8 Å². The molecule has 3 rings (SSSR count). The Morgan fingerprint density at radius 3 is 2.52 bits per heavy atom. The van der Waals surface area contributed by atoms with E-state index in [1.165, 1.54) is 0 Å². The second-order valence-electron chi connectivity index (χ2n) is 6.46. The summed E-state index contributed by atoms with van der Waals surface area (Å²) in [6.45, 7) is 3.62. The highest BCUT2D eigenvalue weighted by atomic mass is 35.5. The third-order valence-corrected chi connectivity index (χ3v) is 6.32. The van der Waals surface area contributed by atoms with Crippen LogP contribution in [0.25, 0.3) is 0 Å². The van der Waals surface area contributed by atoms with Crippen LogP contribution in [-0.2, 0) is 15.6 Å². The highest BCUT2D eigenvalue weighted by Crippen LogP contribution is 2.24. The first-order valence-corrected chi connectivity index (χ1v) is 11.0. The smallest absolute Gasteiger partial charge is 0.275 e. The minimum Gasteiger partial charge on any atom is -0.320 e. The van der Waals surface area contributed by atoms with Gasteiger partial charge in [0.05, 0.1) is 17.0 Å². The molecule has 0 atom stereocenters. The minimum absolute atomic E-state index is 0.0586. The fraction of sp³-hybridized carbons (Fsp3) is 0.150. The Balaban J connectivity index is 1.91. The van der Waals surface area contributed by atoms with E-state index in [-0.39, 0.29) is 16.5 Å². The summed E-state index contributed by atoms with van der Waals surface area (Å²) in [4.78, 5) is 20.4. The van der Waals surface area contributed by atoms with E-state index in [0.717, 1.165) is 11.8 Å². The molecule has 150 valence electrons. The second kappa shape index (κ2) is 8.49. The van der Waals surface area contributed by atoms with Gasteiger partial charge < -0.3 is 5.32 Å². The van der Waals surface area contributed by atoms with Crippen molar-refractivity contribution in [1.82, 2.24) is 9.97 Å². The molecule has 0 spiro atoms. The quantitative estimate of drug-likeness (QED) is 0.573. The van der Waals surface area contributed by atoms with Crippen molar-refractivity contribution in [3.05, 3.63) is 81.1 Å². The molecule has 0 unspecified atom stereocenters. The summed E-state index contributed by atoms with van der Waals surface area (Å²) in [5.41, 5.74) is 2.45. The van der Waals surface area contributed by atoms with Crippen LogP contribution in [0, 0.1) is 13.8 Å². The van der Waals surface area contributed by atoms with E-state index < -0.39 is 20.9 Å². The van der Waals surface area contributed by atoms with Gasteiger partial charge in [-0.2, -0.15) is 0 Å². The Hall–Kier alpha value is -2.48. The maximum atomic E-state index is 12.7. The van der Waals surface area contributed by atoms with Gasteiger partial charge >= 0.3 is 0 Å². The number of anilines is 1. The van der Waals surface area contributed by atoms with Gasteiger partial charge in [-0.3, -0.25) is 4.79 Å². The van der Waals surface area contributed by atoms with E-state index in [1.807, 2.05) is 13.0 Å². The number of carbonyl (C=O) groups is 1. The maximum Gasteiger partial charge on any atom is 0.275 e. The lowest BCUT2D eigenvalue weighted by Gasteiger charge is -2.11. The van der Waals surface area contributed by atoms with Crippen molar-refractivity contribution >= 4 is 44.6 Å². The first-order valence-electron chi connectivity index (χ1n) is 8.54. The molecule has 6 nitrogen and oxygen atoms in total. The summed E-state index contributed by atoms with van der Waals surface area (Å²) in [6, 6.07) is 12.2. The van der Waals surface area contributed by atoms with Crippen molar-refractivity contribution in [2.75, 3.05) is 5.32 Å². The van der Waals surface area contributed by atoms with Crippen molar-refractivity contribution < 1.29 is 13.2 Å². The number of benzene rings is 2. The molecular weight excluding hydrogens is 433 g/mol. The van der Waals surface area contributed by atoms with Crippen molar-refractivity contribution in [2.24, 2.45) is 0 Å². The molecule has 0 radical (unpaired) electrons. The zero-order valence-electron chi connectivity index (χ0n) is 15.6. The number of rotatable bonds is 5. The SMILES string of the molecule is Cc1cccc(CS(=O)(=O)c2ncc(Cl)c(C(=O)Nc3cccc(Cl)c3C)n2)c1. The largest absolute Gasteiger partial charge is 0.320 e. The van der Waals surface area contributed by atoms with E-state index in [2.05, 4.69) is 15.3 Å². The van der Waals surface area contributed by atoms with Gasteiger partial charge in [0.1, 0.15) is 0 Å². The van der Waals surface area contributed by atoms with E-state index in [0.29, 0.717) is 21.8 Å². The Labute approximate surface area is 178 Å². The molecule has 1 N–H and O–H groups in total. The average molecular weight is 450 g/mol. The van der Waals surface area contributed by atoms with E-state index in [9.17, 15) is 13.2 Å². The molecule has 1 heterocycles. The fourth-order valence-electron chi connectivity index (χ4n) is 2.67. The van der Waals surface area contributed by atoms with Crippen LogP contribution < -0.4 is 5.32 Å². The Kier molecular flexibility index (Phi) is 6.21. The number of amides is 1. The van der Waals surface area contributed by atoms with Gasteiger partial charge in [0.2, 0.25) is 15.0 Å². The zero-order valence-corrected chi connectivity index (χ0v) is 17.9. The normalized spacial score (nSPS) is 11.3. The summed E-state index contributed by atoms with van der Waals surface area (Å²) in [6.07, 6.45) is 1.11. The van der Waals surface area contributed by atoms with Gasteiger partial charge in [-0.25, -0.2) is 18.4 Å². The number of hydrogen-bond acceptors (Lipinski definition) is 5. The second-order valence-corrected chi connectivity index (χ2v) is 9.16. The number of nitrogens with one attached hydrogen (secondary N) is 1. The predicted octanol–water partition coefficient (Wildman–Crippen LogP) is 4.63. The molecule has 9 heteroatoms. The van der Waals surface area contributed by atoms with Crippen LogP contribution in [0.4, 0.5) is 5.69 Å². The molecule has 1 amide bonds. The van der Waals surface area contributed by atoms with Gasteiger partial charge in [0.15, 0.2) is 5.69 Å². The molecule has 0 aliphatic heterocycles. The summed E-state index contributed by atoms with van der Waals surface area (Å²) in [5, 5.41) is 2.62. The molecule has 0 aliphatic carbocycles. The molecule has 3 aromatic rings. The van der Waals surface area contributed by atoms with Crippen molar-refractivity contribution in [3.8, 4) is 0 Å². The molecule has 0 aliphatic rings. The van der Waals surface area contributed by atoms with E-state index in [1.54, 1.807) is 43.3 Å². The summed E-state index contributed by atoms with van der Waals surface area (Å²) in [7, 11) is -3.87. The highest BCUT2D eigenvalue weighted by Gasteiger charge is 2.23. The van der Waals surface area contributed by atoms with Crippen molar-refractivity contribution in [3.63, 3.8) is 0 Å². The lowest BCUT2D eigenvalue weighted by atomic mass is 10.2. The van der Waals surface area contributed by atoms with Crippen LogP contribution in [0.2, 0.25) is 10.0 Å². The van der Waals surface area contributed by atoms with Gasteiger partial charge in [0.25, 0.3) is 5.91 Å². The third-order valence-electron chi connectivity index (χ3n) is 4.17. The Morgan fingerprint density at radius 1 is 1.07 bits per heavy atom. The Morgan fingerprint density at radius 2 is 1.79 bits per heavy atom. The van der Waals surface area contributed by atoms with Gasteiger partial charge in [-0.15, -0.1) is 0 Å². The first kappa shape index (κ1) is 21.2. The van der Waals surface area contributed by atoms with Gasteiger partial charge in [0, 0.05) is 10.7 Å². The van der Waals surface area contributed by atoms with Crippen LogP contribution in [0.3, 0.4) is 0 Å². The highest BCUT2D eigenvalue weighted by molar-refractivity contribution is 7.90. The monoisotopic (exact) mass is 449 g/mol. The molecular formula is C20H17Cl2N3O3S. The molecule has 0 bridgehead atoms. The number of halogens is 2. The van der Waals surface area contributed by atoms with Gasteiger partial charge in [-0.05, 0) is 37.1 Å². The predicted molar refractivity (Wildman–Crippen MR) is 113 cm³/mol. The van der Waals surface area contributed by atoms with Crippen LogP contribution in [-0.4, -0.2) is 24.3 Å². The number of aryl methyl sites for hydroxylation is 1. The number of aromatic nitrogens is 2. The molecule has 2 aromatic carbocycles. The van der Waals surface area contributed by atoms with Crippen LogP contribution in [0.5, 0.6) is 0 Å². The van der Waals surface area contributed by atoms with Crippen molar-refractivity contribution in [1.29, 1.82) is 0 Å². The van der Waals surface area contributed by atoms with Gasteiger partial charge in [-0.1, -0.05) is 59.1 Å². The maximum absolute atomic E-state index is 12.7. The lowest BCUT2D eigenvalue weighted by molar-refractivity contribution is 0.102. The summed E-state index contributed by atoms with van der Waals surface area (Å²) < 4.78 is 25.5. The lowest BCUT2D eigenvalue weighted by Crippen LogP contribution is -2.18. The molecule has 1 aromatic heterocycles. The molecule has 29 heavy (non-hydrogen) atoms. The Bertz CT molecular complexity index is 1200. The average Bonchev–Trinajstić information content (AvgIpc) is 2.65. The van der Waals surface area contributed by atoms with E-state index in [4.69, 9.17) is 23.2 Å². The fourth-order valence-corrected chi connectivity index (χ4v) is 4.21. The van der Waals surface area contributed by atoms with E-state index >= 15 is 0 Å². The zero-order chi connectivity index (χ0) is 21.2.